The van der Waals surface area contributed by atoms with E-state index in [1.165, 1.54) is 0 Å². The third kappa shape index (κ3) is 6.84. The third-order valence-corrected chi connectivity index (χ3v) is 6.43. The van der Waals surface area contributed by atoms with E-state index >= 15 is 0 Å². The molecule has 1 aliphatic rings. The summed E-state index contributed by atoms with van der Waals surface area (Å²) in [4.78, 5) is 38.9. The number of benzene rings is 3. The number of nitrogens with zero attached hydrogens (tertiary/aromatic N) is 1. The van der Waals surface area contributed by atoms with Crippen molar-refractivity contribution in [1.82, 2.24) is 4.90 Å². The molecule has 3 aromatic rings. The first kappa shape index (κ1) is 26.1. The van der Waals surface area contributed by atoms with Gasteiger partial charge in [0.05, 0.1) is 29.3 Å². The van der Waals surface area contributed by atoms with Crippen LogP contribution in [0.1, 0.15) is 5.56 Å². The minimum atomic E-state index is -0.399. The second-order valence-electron chi connectivity index (χ2n) is 7.72. The van der Waals surface area contributed by atoms with Crippen molar-refractivity contribution in [1.29, 1.82) is 0 Å². The highest BCUT2D eigenvalue weighted by atomic mass is 35.5. The van der Waals surface area contributed by atoms with E-state index < -0.39 is 5.91 Å². The summed E-state index contributed by atoms with van der Waals surface area (Å²) in [5, 5.41) is 2.74. The molecule has 1 heterocycles. The molecule has 1 aliphatic heterocycles. The Hall–Kier alpha value is -3.95. The van der Waals surface area contributed by atoms with E-state index in [-0.39, 0.29) is 35.8 Å². The summed E-state index contributed by atoms with van der Waals surface area (Å²) in [7, 11) is 1.54. The highest BCUT2D eigenvalue weighted by Gasteiger charge is 2.34. The van der Waals surface area contributed by atoms with E-state index in [2.05, 4.69) is 5.32 Å². The minimum absolute atomic E-state index is 0.101. The van der Waals surface area contributed by atoms with Crippen molar-refractivity contribution < 1.29 is 28.6 Å². The molecule has 1 saturated heterocycles. The number of carbonyl (C=O) groups is 3. The third-order valence-electron chi connectivity index (χ3n) is 5.19. The first-order valence-electron chi connectivity index (χ1n) is 11.2. The molecule has 0 spiro atoms. The van der Waals surface area contributed by atoms with Gasteiger partial charge >= 0.3 is 0 Å². The normalized spacial score (nSPS) is 14.1. The molecule has 8 nitrogen and oxygen atoms in total. The van der Waals surface area contributed by atoms with E-state index in [1.807, 2.05) is 12.1 Å². The summed E-state index contributed by atoms with van der Waals surface area (Å²) < 4.78 is 16.5. The van der Waals surface area contributed by atoms with Crippen LogP contribution in [0, 0.1) is 0 Å². The number of thioether (sulfide) groups is 1. The second-order valence-corrected chi connectivity index (χ2v) is 9.12. The van der Waals surface area contributed by atoms with Gasteiger partial charge in [0.1, 0.15) is 12.4 Å². The fourth-order valence-electron chi connectivity index (χ4n) is 3.42. The number of rotatable bonds is 10. The van der Waals surface area contributed by atoms with E-state index in [0.717, 1.165) is 16.7 Å². The van der Waals surface area contributed by atoms with Crippen LogP contribution in [0.4, 0.5) is 10.5 Å². The number of carbonyl (C=O) groups excluding carboxylic acids is 3. The molecular formula is C27H23ClN2O6S. The number of nitrogens with one attached hydrogen (secondary N) is 1. The average molecular weight is 539 g/mol. The number of halogens is 1. The molecule has 10 heteroatoms. The number of hydrogen-bond donors (Lipinski definition) is 1. The predicted octanol–water partition coefficient (Wildman–Crippen LogP) is 5.48. The topological polar surface area (TPSA) is 94.2 Å². The first-order valence-corrected chi connectivity index (χ1v) is 12.4. The smallest absolute Gasteiger partial charge is 0.293 e. The van der Waals surface area contributed by atoms with Gasteiger partial charge in [-0.25, -0.2) is 0 Å². The van der Waals surface area contributed by atoms with Crippen molar-refractivity contribution >= 4 is 52.2 Å². The molecule has 0 aliphatic carbocycles. The monoisotopic (exact) mass is 538 g/mol. The molecule has 3 amide bonds. The average Bonchev–Trinajstić information content (AvgIpc) is 3.16. The maximum atomic E-state index is 12.8. The Balaban J connectivity index is 1.33. The number of ether oxygens (including phenoxy) is 3. The summed E-state index contributed by atoms with van der Waals surface area (Å²) in [5.41, 5.74) is 1.15. The summed E-state index contributed by atoms with van der Waals surface area (Å²) in [6.45, 7) is 0.00637. The molecule has 0 atom stereocenters. The maximum absolute atomic E-state index is 12.8. The van der Waals surface area contributed by atoms with E-state index in [0.29, 0.717) is 33.5 Å². The minimum Gasteiger partial charge on any atom is -0.493 e. The fraction of sp³-hybridized carbons (Fsp3) is 0.148. The Bertz CT molecular complexity index is 1350. The molecule has 0 aromatic heterocycles. The summed E-state index contributed by atoms with van der Waals surface area (Å²) in [6, 6.07) is 20.9. The van der Waals surface area contributed by atoms with Crippen molar-refractivity contribution in [3.63, 3.8) is 0 Å². The highest BCUT2D eigenvalue weighted by Crippen LogP contribution is 2.33. The Morgan fingerprint density at radius 2 is 1.76 bits per heavy atom. The molecular weight excluding hydrogens is 516 g/mol. The molecule has 0 saturated carbocycles. The van der Waals surface area contributed by atoms with Crippen molar-refractivity contribution in [3.05, 3.63) is 88.3 Å². The van der Waals surface area contributed by atoms with Crippen LogP contribution in [-0.2, 0) is 9.59 Å². The molecule has 3 aromatic carbocycles. The van der Waals surface area contributed by atoms with Crippen molar-refractivity contribution in [2.75, 3.05) is 32.2 Å². The number of imide groups is 1. The summed E-state index contributed by atoms with van der Waals surface area (Å²) in [5.74, 6) is 0.774. The van der Waals surface area contributed by atoms with E-state index in [4.69, 9.17) is 25.8 Å². The summed E-state index contributed by atoms with van der Waals surface area (Å²) >= 11 is 6.92. The van der Waals surface area contributed by atoms with E-state index in [1.54, 1.807) is 73.8 Å². The van der Waals surface area contributed by atoms with Gasteiger partial charge in [0.2, 0.25) is 0 Å². The van der Waals surface area contributed by atoms with Gasteiger partial charge < -0.3 is 19.5 Å². The largest absolute Gasteiger partial charge is 0.493 e. The molecule has 0 unspecified atom stereocenters. The number of anilines is 1. The zero-order valence-corrected chi connectivity index (χ0v) is 21.4. The van der Waals surface area contributed by atoms with Crippen LogP contribution in [-0.4, -0.2) is 48.8 Å². The SMILES string of the molecule is COc1ccccc1OCCN1C(=O)S/C(=C\c2cccc(OCC(=O)Nc3ccccc3Cl)c2)C1=O. The van der Waals surface area contributed by atoms with Crippen LogP contribution in [0.3, 0.4) is 0 Å². The lowest BCUT2D eigenvalue weighted by Gasteiger charge is -2.14. The van der Waals surface area contributed by atoms with Crippen molar-refractivity contribution in [2.24, 2.45) is 0 Å². The molecule has 0 bridgehead atoms. The van der Waals surface area contributed by atoms with Crippen LogP contribution >= 0.6 is 23.4 Å². The van der Waals surface area contributed by atoms with Gasteiger partial charge in [0.15, 0.2) is 18.1 Å². The first-order chi connectivity index (χ1) is 17.9. The van der Waals surface area contributed by atoms with Gasteiger partial charge in [0, 0.05) is 0 Å². The lowest BCUT2D eigenvalue weighted by atomic mass is 10.2. The van der Waals surface area contributed by atoms with Crippen molar-refractivity contribution in [2.45, 2.75) is 0 Å². The maximum Gasteiger partial charge on any atom is 0.293 e. The van der Waals surface area contributed by atoms with Crippen LogP contribution in [0.25, 0.3) is 6.08 Å². The lowest BCUT2D eigenvalue weighted by molar-refractivity contribution is -0.123. The standard InChI is InChI=1S/C27H23ClN2O6S/c1-34-22-11-4-5-12-23(22)35-14-13-30-26(32)24(37-27(30)33)16-18-7-6-8-19(15-18)36-17-25(31)29-21-10-3-2-9-20(21)28/h2-12,15-16H,13-14,17H2,1H3,(H,29,31)/b24-16-. The number of para-hydroxylation sites is 3. The number of hydrogen-bond acceptors (Lipinski definition) is 7. The highest BCUT2D eigenvalue weighted by molar-refractivity contribution is 8.18. The Labute approximate surface area is 223 Å². The van der Waals surface area contributed by atoms with Crippen LogP contribution < -0.4 is 19.5 Å². The second kappa shape index (κ2) is 12.3. The van der Waals surface area contributed by atoms with Gasteiger partial charge in [-0.3, -0.25) is 19.3 Å². The molecule has 37 heavy (non-hydrogen) atoms. The quantitative estimate of drug-likeness (QED) is 0.341. The van der Waals surface area contributed by atoms with Gasteiger partial charge in [-0.2, -0.15) is 0 Å². The number of methoxy groups -OCH3 is 1. The lowest BCUT2D eigenvalue weighted by Crippen LogP contribution is -2.32. The summed E-state index contributed by atoms with van der Waals surface area (Å²) in [6.07, 6.45) is 1.61. The Morgan fingerprint density at radius 3 is 2.54 bits per heavy atom. The zero-order valence-electron chi connectivity index (χ0n) is 19.8. The van der Waals surface area contributed by atoms with Crippen molar-refractivity contribution in [3.8, 4) is 17.2 Å². The molecule has 1 N–H and O–H groups in total. The van der Waals surface area contributed by atoms with Gasteiger partial charge in [0.25, 0.3) is 17.1 Å². The van der Waals surface area contributed by atoms with Crippen LogP contribution in [0.15, 0.2) is 77.7 Å². The Morgan fingerprint density at radius 1 is 1.00 bits per heavy atom. The zero-order chi connectivity index (χ0) is 26.2. The van der Waals surface area contributed by atoms with Gasteiger partial charge in [-0.05, 0) is 59.8 Å². The van der Waals surface area contributed by atoms with Gasteiger partial charge in [-0.1, -0.05) is 48.0 Å². The number of amides is 3. The van der Waals surface area contributed by atoms with Gasteiger partial charge in [-0.15, -0.1) is 0 Å². The van der Waals surface area contributed by atoms with Crippen LogP contribution in [0.5, 0.6) is 17.2 Å². The molecule has 1 fully saturated rings. The van der Waals surface area contributed by atoms with E-state index in [9.17, 15) is 14.4 Å². The molecule has 190 valence electrons. The Kier molecular flexibility index (Phi) is 8.71. The van der Waals surface area contributed by atoms with Crippen LogP contribution in [0.2, 0.25) is 5.02 Å². The fourth-order valence-corrected chi connectivity index (χ4v) is 4.47. The molecule has 4 rings (SSSR count). The predicted molar refractivity (Wildman–Crippen MR) is 143 cm³/mol. The molecule has 0 radical (unpaired) electrons.